The molecule has 0 spiro atoms. The number of hydrogen-bond donors (Lipinski definition) is 1. The van der Waals surface area contributed by atoms with Crippen LogP contribution >= 0.6 is 15.9 Å². The van der Waals surface area contributed by atoms with Gasteiger partial charge < -0.3 is 5.32 Å². The second kappa shape index (κ2) is 3.76. The average molecular weight is 274 g/mol. The first kappa shape index (κ1) is 11.4. The van der Waals surface area contributed by atoms with Crippen molar-refractivity contribution in [2.45, 2.75) is 50.4 Å². The molecule has 0 aromatic heterocycles. The van der Waals surface area contributed by atoms with Crippen LogP contribution in [0.15, 0.2) is 0 Å². The number of amides is 1. The standard InChI is InChI=1S/C12H20BrNO/c1-7(13)12(2,3)14-11(15)10-5-8-4-9(8)6-10/h7-10H,4-6H2,1-3H3,(H,14,15). The molecule has 2 rings (SSSR count). The van der Waals surface area contributed by atoms with Crippen LogP contribution in [-0.2, 0) is 4.79 Å². The second-order valence-electron chi connectivity index (χ2n) is 5.75. The fourth-order valence-corrected chi connectivity index (χ4v) is 2.56. The van der Waals surface area contributed by atoms with Crippen LogP contribution in [0, 0.1) is 17.8 Å². The first-order valence-electron chi connectivity index (χ1n) is 5.86. The summed E-state index contributed by atoms with van der Waals surface area (Å²) in [6, 6.07) is 0. The number of rotatable bonds is 3. The van der Waals surface area contributed by atoms with E-state index in [1.54, 1.807) is 0 Å². The molecule has 0 aliphatic heterocycles. The molecule has 1 amide bonds. The van der Waals surface area contributed by atoms with Crippen molar-refractivity contribution in [1.82, 2.24) is 5.32 Å². The van der Waals surface area contributed by atoms with E-state index < -0.39 is 0 Å². The largest absolute Gasteiger partial charge is 0.350 e. The molecule has 2 aliphatic rings. The van der Waals surface area contributed by atoms with E-state index in [1.165, 1.54) is 6.42 Å². The summed E-state index contributed by atoms with van der Waals surface area (Å²) in [6.45, 7) is 6.21. The second-order valence-corrected chi connectivity index (χ2v) is 7.12. The summed E-state index contributed by atoms with van der Waals surface area (Å²) in [5, 5.41) is 3.15. The van der Waals surface area contributed by atoms with Crippen molar-refractivity contribution < 1.29 is 4.79 Å². The van der Waals surface area contributed by atoms with Gasteiger partial charge in [0.2, 0.25) is 5.91 Å². The Balaban J connectivity index is 1.86. The van der Waals surface area contributed by atoms with E-state index in [4.69, 9.17) is 0 Å². The van der Waals surface area contributed by atoms with Gasteiger partial charge in [-0.2, -0.15) is 0 Å². The molecule has 86 valence electrons. The number of halogens is 1. The van der Waals surface area contributed by atoms with Crippen LogP contribution in [0.25, 0.3) is 0 Å². The fourth-order valence-electron chi connectivity index (χ4n) is 2.45. The molecule has 2 fully saturated rings. The highest BCUT2D eigenvalue weighted by Gasteiger charge is 2.48. The third-order valence-electron chi connectivity index (χ3n) is 4.05. The average Bonchev–Trinajstić information content (AvgIpc) is 2.72. The normalized spacial score (nSPS) is 35.9. The molecule has 0 aromatic carbocycles. The lowest BCUT2D eigenvalue weighted by molar-refractivity contribution is -0.126. The molecule has 3 unspecified atom stereocenters. The molecule has 0 saturated heterocycles. The van der Waals surface area contributed by atoms with Crippen molar-refractivity contribution in [2.75, 3.05) is 0 Å². The van der Waals surface area contributed by atoms with Crippen molar-refractivity contribution in [3.05, 3.63) is 0 Å². The quantitative estimate of drug-likeness (QED) is 0.788. The number of carbonyl (C=O) groups excluding carboxylic acids is 1. The summed E-state index contributed by atoms with van der Waals surface area (Å²) in [7, 11) is 0. The summed E-state index contributed by atoms with van der Waals surface area (Å²) in [6.07, 6.45) is 3.63. The van der Waals surface area contributed by atoms with Gasteiger partial charge in [0.05, 0.1) is 0 Å². The van der Waals surface area contributed by atoms with Gasteiger partial charge in [0, 0.05) is 16.3 Å². The molecule has 0 aromatic rings. The van der Waals surface area contributed by atoms with Crippen molar-refractivity contribution >= 4 is 21.8 Å². The Morgan fingerprint density at radius 3 is 2.33 bits per heavy atom. The monoisotopic (exact) mass is 273 g/mol. The fraction of sp³-hybridized carbons (Fsp3) is 0.917. The van der Waals surface area contributed by atoms with Crippen LogP contribution in [0.3, 0.4) is 0 Å². The van der Waals surface area contributed by atoms with Crippen LogP contribution in [0.1, 0.15) is 40.0 Å². The highest BCUT2D eigenvalue weighted by molar-refractivity contribution is 9.09. The molecular formula is C12H20BrNO. The van der Waals surface area contributed by atoms with Crippen molar-refractivity contribution in [1.29, 1.82) is 0 Å². The first-order chi connectivity index (χ1) is 6.90. The Kier molecular flexibility index (Phi) is 2.87. The van der Waals surface area contributed by atoms with Crippen LogP contribution in [0.5, 0.6) is 0 Å². The van der Waals surface area contributed by atoms with E-state index in [9.17, 15) is 4.79 Å². The Hall–Kier alpha value is -0.0500. The van der Waals surface area contributed by atoms with Crippen LogP contribution in [-0.4, -0.2) is 16.3 Å². The summed E-state index contributed by atoms with van der Waals surface area (Å²) in [4.78, 5) is 12.3. The summed E-state index contributed by atoms with van der Waals surface area (Å²) < 4.78 is 0. The van der Waals surface area contributed by atoms with Gasteiger partial charge in [-0.3, -0.25) is 4.79 Å². The van der Waals surface area contributed by atoms with Gasteiger partial charge in [-0.25, -0.2) is 0 Å². The van der Waals surface area contributed by atoms with E-state index in [-0.39, 0.29) is 11.4 Å². The Morgan fingerprint density at radius 2 is 1.87 bits per heavy atom. The van der Waals surface area contributed by atoms with Crippen LogP contribution in [0.4, 0.5) is 0 Å². The van der Waals surface area contributed by atoms with E-state index >= 15 is 0 Å². The maximum Gasteiger partial charge on any atom is 0.223 e. The SMILES string of the molecule is CC(Br)C(C)(C)NC(=O)C1CC2CC2C1. The van der Waals surface area contributed by atoms with Gasteiger partial charge in [0.25, 0.3) is 0 Å². The minimum atomic E-state index is -0.149. The minimum absolute atomic E-state index is 0.149. The van der Waals surface area contributed by atoms with Gasteiger partial charge in [-0.1, -0.05) is 22.9 Å². The van der Waals surface area contributed by atoms with Crippen LogP contribution in [0.2, 0.25) is 0 Å². The summed E-state index contributed by atoms with van der Waals surface area (Å²) in [5.41, 5.74) is -0.149. The van der Waals surface area contributed by atoms with E-state index in [1.807, 2.05) is 0 Å². The molecule has 2 aliphatic carbocycles. The topological polar surface area (TPSA) is 29.1 Å². The maximum absolute atomic E-state index is 12.0. The molecule has 0 bridgehead atoms. The number of hydrogen-bond acceptors (Lipinski definition) is 1. The predicted octanol–water partition coefficient (Wildman–Crippen LogP) is 2.71. The number of carbonyl (C=O) groups is 1. The minimum Gasteiger partial charge on any atom is -0.350 e. The summed E-state index contributed by atoms with van der Waals surface area (Å²) in [5.74, 6) is 2.31. The molecular weight excluding hydrogens is 254 g/mol. The van der Waals surface area contributed by atoms with Crippen molar-refractivity contribution in [3.8, 4) is 0 Å². The third-order valence-corrected chi connectivity index (χ3v) is 5.20. The molecule has 0 heterocycles. The zero-order valence-electron chi connectivity index (χ0n) is 9.72. The van der Waals surface area contributed by atoms with Gasteiger partial charge in [-0.05, 0) is 44.9 Å². The predicted molar refractivity (Wildman–Crippen MR) is 64.9 cm³/mol. The molecule has 3 heteroatoms. The number of fused-ring (bicyclic) bond motifs is 1. The molecule has 2 nitrogen and oxygen atoms in total. The highest BCUT2D eigenvalue weighted by Crippen LogP contribution is 2.54. The Bertz CT molecular complexity index is 265. The first-order valence-corrected chi connectivity index (χ1v) is 6.78. The van der Waals surface area contributed by atoms with Crippen molar-refractivity contribution in [3.63, 3.8) is 0 Å². The van der Waals surface area contributed by atoms with E-state index in [2.05, 4.69) is 42.0 Å². The molecule has 2 saturated carbocycles. The van der Waals surface area contributed by atoms with Crippen molar-refractivity contribution in [2.24, 2.45) is 17.8 Å². The zero-order valence-corrected chi connectivity index (χ0v) is 11.3. The van der Waals surface area contributed by atoms with Gasteiger partial charge in [0.1, 0.15) is 0 Å². The molecule has 0 radical (unpaired) electrons. The van der Waals surface area contributed by atoms with Gasteiger partial charge in [-0.15, -0.1) is 0 Å². The van der Waals surface area contributed by atoms with Crippen LogP contribution < -0.4 is 5.32 Å². The lowest BCUT2D eigenvalue weighted by Gasteiger charge is -2.30. The van der Waals surface area contributed by atoms with E-state index in [0.29, 0.717) is 10.7 Å². The Morgan fingerprint density at radius 1 is 1.33 bits per heavy atom. The maximum atomic E-state index is 12.0. The molecule has 15 heavy (non-hydrogen) atoms. The van der Waals surface area contributed by atoms with Gasteiger partial charge >= 0.3 is 0 Å². The Labute approximate surface area is 100 Å². The van der Waals surface area contributed by atoms with Gasteiger partial charge in [0.15, 0.2) is 0 Å². The zero-order chi connectivity index (χ0) is 11.2. The highest BCUT2D eigenvalue weighted by atomic mass is 79.9. The smallest absolute Gasteiger partial charge is 0.223 e. The lowest BCUT2D eigenvalue weighted by atomic mass is 9.97. The summed E-state index contributed by atoms with van der Waals surface area (Å²) >= 11 is 3.54. The third kappa shape index (κ3) is 2.38. The number of alkyl halides is 1. The van der Waals surface area contributed by atoms with E-state index in [0.717, 1.165) is 24.7 Å². The lowest BCUT2D eigenvalue weighted by Crippen LogP contribution is -2.50. The molecule has 3 atom stereocenters. The molecule has 1 N–H and O–H groups in total. The number of nitrogens with one attached hydrogen (secondary N) is 1.